The van der Waals surface area contributed by atoms with Gasteiger partial charge in [0.2, 0.25) is 6.10 Å². The second kappa shape index (κ2) is 5.11. The van der Waals surface area contributed by atoms with Gasteiger partial charge in [0.15, 0.2) is 0 Å². The van der Waals surface area contributed by atoms with Gasteiger partial charge in [-0.3, -0.25) is 0 Å². The molecule has 0 spiro atoms. The molecule has 0 saturated heterocycles. The molecule has 0 saturated carbocycles. The minimum atomic E-state index is -4.99. The van der Waals surface area contributed by atoms with E-state index in [4.69, 9.17) is 5.11 Å². The van der Waals surface area contributed by atoms with E-state index in [9.17, 15) is 31.1 Å². The van der Waals surface area contributed by atoms with Crippen LogP contribution in [0.15, 0.2) is 23.8 Å². The lowest BCUT2D eigenvalue weighted by atomic mass is 10.0. The topological polar surface area (TPSA) is 55.8 Å². The Morgan fingerprint density at radius 2 is 1.82 bits per heavy atom. The van der Waals surface area contributed by atoms with Crippen molar-refractivity contribution in [3.8, 4) is 11.5 Å². The Kier molecular flexibility index (Phi) is 3.71. The Morgan fingerprint density at radius 3 is 2.32 bits per heavy atom. The lowest BCUT2D eigenvalue weighted by Gasteiger charge is -2.27. The first kappa shape index (κ1) is 16.0. The number of benzene rings is 1. The highest BCUT2D eigenvalue weighted by Crippen LogP contribution is 2.39. The third-order valence-corrected chi connectivity index (χ3v) is 2.60. The van der Waals surface area contributed by atoms with Crippen LogP contribution in [-0.4, -0.2) is 29.7 Å². The molecule has 1 aromatic rings. The molecule has 1 heterocycles. The van der Waals surface area contributed by atoms with Crippen LogP contribution in [0.2, 0.25) is 0 Å². The number of carbonyl (C=O) groups is 1. The quantitative estimate of drug-likeness (QED) is 0.846. The summed E-state index contributed by atoms with van der Waals surface area (Å²) >= 11 is 0. The molecule has 4 nitrogen and oxygen atoms in total. The van der Waals surface area contributed by atoms with Gasteiger partial charge in [-0.15, -0.1) is 13.2 Å². The highest BCUT2D eigenvalue weighted by atomic mass is 19.4. The van der Waals surface area contributed by atoms with Crippen LogP contribution < -0.4 is 9.47 Å². The van der Waals surface area contributed by atoms with Crippen LogP contribution in [0.25, 0.3) is 6.08 Å². The number of carboxylic acid groups (broad SMARTS) is 1. The molecule has 1 aromatic carbocycles. The maximum absolute atomic E-state index is 12.7. The lowest BCUT2D eigenvalue weighted by molar-refractivity contribution is -0.274. The molecule has 1 N–H and O–H groups in total. The average Bonchev–Trinajstić information content (AvgIpc) is 2.33. The van der Waals surface area contributed by atoms with Crippen molar-refractivity contribution in [3.63, 3.8) is 0 Å². The summed E-state index contributed by atoms with van der Waals surface area (Å²) < 4.78 is 82.6. The lowest BCUT2D eigenvalue weighted by Crippen LogP contribution is -2.40. The highest BCUT2D eigenvalue weighted by Gasteiger charge is 2.48. The molecule has 0 amide bonds. The van der Waals surface area contributed by atoms with E-state index in [2.05, 4.69) is 9.47 Å². The summed E-state index contributed by atoms with van der Waals surface area (Å²) in [6.07, 6.45) is -12.1. The van der Waals surface area contributed by atoms with Gasteiger partial charge < -0.3 is 14.6 Å². The van der Waals surface area contributed by atoms with Gasteiger partial charge in [0.25, 0.3) is 0 Å². The third-order valence-electron chi connectivity index (χ3n) is 2.60. The minimum absolute atomic E-state index is 0.264. The summed E-state index contributed by atoms with van der Waals surface area (Å²) in [4.78, 5) is 10.9. The van der Waals surface area contributed by atoms with Gasteiger partial charge in [-0.05, 0) is 24.3 Å². The SMILES string of the molecule is O=C(O)C1=Cc2cc(OC(F)(F)F)ccc2O[C@@H]1C(F)(F)F. The Hall–Kier alpha value is -2.39. The molecular formula is C12H6F6O4. The predicted octanol–water partition coefficient (Wildman–Crippen LogP) is 3.38. The molecule has 22 heavy (non-hydrogen) atoms. The first-order valence-electron chi connectivity index (χ1n) is 5.55. The van der Waals surface area contributed by atoms with E-state index in [0.717, 1.165) is 18.2 Å². The van der Waals surface area contributed by atoms with E-state index >= 15 is 0 Å². The Morgan fingerprint density at radius 1 is 1.18 bits per heavy atom. The van der Waals surface area contributed by atoms with Crippen LogP contribution in [0.1, 0.15) is 5.56 Å². The van der Waals surface area contributed by atoms with Gasteiger partial charge in [-0.25, -0.2) is 4.79 Å². The first-order valence-corrected chi connectivity index (χ1v) is 5.55. The molecule has 0 radical (unpaired) electrons. The van der Waals surface area contributed by atoms with E-state index in [0.29, 0.717) is 6.08 Å². The van der Waals surface area contributed by atoms with Crippen molar-refractivity contribution >= 4 is 12.0 Å². The number of fused-ring (bicyclic) bond motifs is 1. The average molecular weight is 328 g/mol. The molecule has 1 aliphatic heterocycles. The highest BCUT2D eigenvalue weighted by molar-refractivity contribution is 5.95. The van der Waals surface area contributed by atoms with Crippen molar-refractivity contribution in [1.82, 2.24) is 0 Å². The van der Waals surface area contributed by atoms with Crippen molar-refractivity contribution < 1.29 is 45.7 Å². The van der Waals surface area contributed by atoms with Crippen LogP contribution in [0.3, 0.4) is 0 Å². The molecule has 0 bridgehead atoms. The number of hydrogen-bond donors (Lipinski definition) is 1. The van der Waals surface area contributed by atoms with Crippen LogP contribution in [-0.2, 0) is 4.79 Å². The first-order chi connectivity index (χ1) is 9.97. The smallest absolute Gasteiger partial charge is 0.478 e. The van der Waals surface area contributed by atoms with Gasteiger partial charge in [0.1, 0.15) is 11.5 Å². The van der Waals surface area contributed by atoms with E-state index < -0.39 is 41.7 Å². The maximum Gasteiger partial charge on any atom is 0.573 e. The van der Waals surface area contributed by atoms with Crippen LogP contribution in [0.5, 0.6) is 11.5 Å². The van der Waals surface area contributed by atoms with Gasteiger partial charge in [-0.1, -0.05) is 0 Å². The Labute approximate surface area is 118 Å². The summed E-state index contributed by atoms with van der Waals surface area (Å²) in [5, 5.41) is 8.79. The summed E-state index contributed by atoms with van der Waals surface area (Å²) in [5.74, 6) is -3.00. The molecular weight excluding hydrogens is 322 g/mol. The number of halogens is 6. The molecule has 0 unspecified atom stereocenters. The number of ether oxygens (including phenoxy) is 2. The molecule has 0 aliphatic carbocycles. The van der Waals surface area contributed by atoms with Crippen molar-refractivity contribution in [3.05, 3.63) is 29.3 Å². The van der Waals surface area contributed by atoms with E-state index in [1.165, 1.54) is 0 Å². The number of aliphatic carboxylic acids is 1. The van der Waals surface area contributed by atoms with Crippen LogP contribution in [0.4, 0.5) is 26.3 Å². The molecule has 2 rings (SSSR count). The molecule has 1 atom stereocenters. The van der Waals surface area contributed by atoms with Crippen LogP contribution >= 0.6 is 0 Å². The zero-order chi connectivity index (χ0) is 16.7. The fraction of sp³-hybridized carbons (Fsp3) is 0.250. The number of rotatable bonds is 2. The molecule has 120 valence electrons. The summed E-state index contributed by atoms with van der Waals surface area (Å²) in [6.45, 7) is 0. The molecule has 0 fully saturated rings. The van der Waals surface area contributed by atoms with E-state index in [1.807, 2.05) is 0 Å². The van der Waals surface area contributed by atoms with Crippen molar-refractivity contribution in [2.45, 2.75) is 18.6 Å². The second-order valence-electron chi connectivity index (χ2n) is 4.19. The zero-order valence-corrected chi connectivity index (χ0v) is 10.3. The van der Waals surface area contributed by atoms with Crippen molar-refractivity contribution in [2.24, 2.45) is 0 Å². The van der Waals surface area contributed by atoms with Gasteiger partial charge in [0, 0.05) is 5.56 Å². The Bertz CT molecular complexity index is 631. The standard InChI is InChI=1S/C12H6F6O4/c13-11(14,15)9-7(10(19)20)4-5-3-6(22-12(16,17)18)1-2-8(5)21-9/h1-4,9H,(H,19,20)/t9-/m0/s1. The van der Waals surface area contributed by atoms with Crippen molar-refractivity contribution in [1.29, 1.82) is 0 Å². The van der Waals surface area contributed by atoms with E-state index in [-0.39, 0.29) is 5.56 Å². The number of hydrogen-bond acceptors (Lipinski definition) is 3. The maximum atomic E-state index is 12.7. The van der Waals surface area contributed by atoms with Crippen LogP contribution in [0, 0.1) is 0 Å². The third kappa shape index (κ3) is 3.43. The normalized spacial score (nSPS) is 18.1. The minimum Gasteiger partial charge on any atom is -0.478 e. The summed E-state index contributed by atoms with van der Waals surface area (Å²) in [7, 11) is 0. The molecule has 1 aliphatic rings. The fourth-order valence-electron chi connectivity index (χ4n) is 1.79. The van der Waals surface area contributed by atoms with Gasteiger partial charge in [0.05, 0.1) is 5.57 Å². The van der Waals surface area contributed by atoms with Crippen molar-refractivity contribution in [2.75, 3.05) is 0 Å². The summed E-state index contributed by atoms with van der Waals surface area (Å²) in [6, 6.07) is 2.34. The molecule has 10 heteroatoms. The number of alkyl halides is 6. The molecule has 0 aromatic heterocycles. The summed E-state index contributed by atoms with van der Waals surface area (Å²) in [5.41, 5.74) is -1.40. The largest absolute Gasteiger partial charge is 0.573 e. The van der Waals surface area contributed by atoms with E-state index in [1.54, 1.807) is 0 Å². The monoisotopic (exact) mass is 328 g/mol. The predicted molar refractivity (Wildman–Crippen MR) is 59.2 cm³/mol. The van der Waals surface area contributed by atoms with Gasteiger partial charge in [-0.2, -0.15) is 13.2 Å². The second-order valence-corrected chi connectivity index (χ2v) is 4.19. The number of carboxylic acids is 1. The zero-order valence-electron chi connectivity index (χ0n) is 10.3. The van der Waals surface area contributed by atoms with Gasteiger partial charge >= 0.3 is 18.5 Å². The fourth-order valence-corrected chi connectivity index (χ4v) is 1.79. The Balaban J connectivity index is 2.43.